The minimum absolute atomic E-state index is 0.299. The number of ether oxygens (including phenoxy) is 1. The second-order valence-electron chi connectivity index (χ2n) is 6.89. The van der Waals surface area contributed by atoms with Gasteiger partial charge < -0.3 is 15.4 Å². The standard InChI is InChI=1S/C25H24N2O4/c1-2-3-17-31-25(30)19-13-15-20(16-14-19)26-24(29)21-11-7-8-12-22(21)27-23(28)18-9-5-4-6-10-18/h4-16H,2-3,17H2,1H3,(H,26,29)(H,27,28). The zero-order valence-electron chi connectivity index (χ0n) is 17.3. The molecule has 3 aromatic rings. The summed E-state index contributed by atoms with van der Waals surface area (Å²) in [5, 5.41) is 5.57. The van der Waals surface area contributed by atoms with Gasteiger partial charge in [-0.1, -0.05) is 43.7 Å². The van der Waals surface area contributed by atoms with E-state index >= 15 is 0 Å². The Bertz CT molecular complexity index is 1050. The number of carbonyl (C=O) groups is 3. The fraction of sp³-hybridized carbons (Fsp3) is 0.160. The normalized spacial score (nSPS) is 10.2. The van der Waals surface area contributed by atoms with Gasteiger partial charge in [0.15, 0.2) is 0 Å². The predicted octanol–water partition coefficient (Wildman–Crippen LogP) is 5.15. The Labute approximate surface area is 181 Å². The van der Waals surface area contributed by atoms with Gasteiger partial charge in [-0.15, -0.1) is 0 Å². The van der Waals surface area contributed by atoms with E-state index in [4.69, 9.17) is 4.74 Å². The molecule has 0 aliphatic heterocycles. The van der Waals surface area contributed by atoms with E-state index in [2.05, 4.69) is 10.6 Å². The summed E-state index contributed by atoms with van der Waals surface area (Å²) in [7, 11) is 0. The largest absolute Gasteiger partial charge is 0.462 e. The molecule has 6 heteroatoms. The fourth-order valence-electron chi connectivity index (χ4n) is 2.85. The van der Waals surface area contributed by atoms with Gasteiger partial charge in [0.2, 0.25) is 0 Å². The summed E-state index contributed by atoms with van der Waals surface area (Å²) in [6.45, 7) is 2.41. The van der Waals surface area contributed by atoms with Crippen LogP contribution in [0.1, 0.15) is 50.8 Å². The summed E-state index contributed by atoms with van der Waals surface area (Å²) in [6, 6.07) is 22.0. The van der Waals surface area contributed by atoms with Crippen molar-refractivity contribution >= 4 is 29.2 Å². The number of nitrogens with one attached hydrogen (secondary N) is 2. The summed E-state index contributed by atoms with van der Waals surface area (Å²) in [6.07, 6.45) is 1.77. The Hall–Kier alpha value is -3.93. The first-order valence-electron chi connectivity index (χ1n) is 10.1. The number of unbranched alkanes of at least 4 members (excludes halogenated alkanes) is 1. The van der Waals surface area contributed by atoms with Crippen LogP contribution in [0.25, 0.3) is 0 Å². The van der Waals surface area contributed by atoms with Crippen LogP contribution in [0.15, 0.2) is 78.9 Å². The van der Waals surface area contributed by atoms with Gasteiger partial charge >= 0.3 is 5.97 Å². The lowest BCUT2D eigenvalue weighted by Crippen LogP contribution is -2.18. The molecule has 0 bridgehead atoms. The molecular formula is C25H24N2O4. The third-order valence-electron chi connectivity index (χ3n) is 4.57. The Balaban J connectivity index is 1.67. The van der Waals surface area contributed by atoms with Gasteiger partial charge in [0.1, 0.15) is 0 Å². The van der Waals surface area contributed by atoms with Crippen molar-refractivity contribution in [1.82, 2.24) is 0 Å². The van der Waals surface area contributed by atoms with Crippen LogP contribution in [0, 0.1) is 0 Å². The first kappa shape index (κ1) is 21.8. The highest BCUT2D eigenvalue weighted by Crippen LogP contribution is 2.19. The smallest absolute Gasteiger partial charge is 0.338 e. The van der Waals surface area contributed by atoms with Crippen molar-refractivity contribution in [3.05, 3.63) is 95.6 Å². The molecule has 3 rings (SSSR count). The molecule has 0 unspecified atom stereocenters. The van der Waals surface area contributed by atoms with Gasteiger partial charge in [-0.25, -0.2) is 4.79 Å². The highest BCUT2D eigenvalue weighted by molar-refractivity contribution is 6.12. The van der Waals surface area contributed by atoms with Gasteiger partial charge in [-0.05, 0) is 55.0 Å². The maximum absolute atomic E-state index is 12.8. The molecule has 158 valence electrons. The average Bonchev–Trinajstić information content (AvgIpc) is 2.80. The van der Waals surface area contributed by atoms with Gasteiger partial charge in [0, 0.05) is 11.3 Å². The maximum atomic E-state index is 12.8. The monoisotopic (exact) mass is 416 g/mol. The van der Waals surface area contributed by atoms with Crippen molar-refractivity contribution < 1.29 is 19.1 Å². The molecule has 2 amide bonds. The molecule has 0 aliphatic rings. The minimum atomic E-state index is -0.389. The molecule has 0 saturated heterocycles. The highest BCUT2D eigenvalue weighted by atomic mass is 16.5. The number of hydrogen-bond acceptors (Lipinski definition) is 4. The number of carbonyl (C=O) groups excluding carboxylic acids is 3. The fourth-order valence-corrected chi connectivity index (χ4v) is 2.85. The molecule has 0 aromatic heterocycles. The van der Waals surface area contributed by atoms with Crippen LogP contribution in [0.4, 0.5) is 11.4 Å². The van der Waals surface area contributed by atoms with Gasteiger partial charge in [-0.3, -0.25) is 9.59 Å². The molecule has 0 atom stereocenters. The zero-order valence-corrected chi connectivity index (χ0v) is 17.3. The topological polar surface area (TPSA) is 84.5 Å². The Kier molecular flexibility index (Phi) is 7.54. The first-order valence-corrected chi connectivity index (χ1v) is 10.1. The average molecular weight is 416 g/mol. The van der Waals surface area contributed by atoms with Crippen LogP contribution < -0.4 is 10.6 Å². The minimum Gasteiger partial charge on any atom is -0.462 e. The SMILES string of the molecule is CCCCOC(=O)c1ccc(NC(=O)c2ccccc2NC(=O)c2ccccc2)cc1. The second-order valence-corrected chi connectivity index (χ2v) is 6.89. The van der Waals surface area contributed by atoms with Gasteiger partial charge in [-0.2, -0.15) is 0 Å². The number of hydrogen-bond donors (Lipinski definition) is 2. The maximum Gasteiger partial charge on any atom is 0.338 e. The number of para-hydroxylation sites is 1. The number of benzene rings is 3. The Morgan fingerprint density at radius 2 is 1.42 bits per heavy atom. The number of rotatable bonds is 8. The third-order valence-corrected chi connectivity index (χ3v) is 4.57. The molecule has 0 heterocycles. The van der Waals surface area contributed by atoms with Crippen molar-refractivity contribution in [3.8, 4) is 0 Å². The van der Waals surface area contributed by atoms with Crippen LogP contribution in [-0.2, 0) is 4.74 Å². The van der Waals surface area contributed by atoms with E-state index in [1.54, 1.807) is 72.8 Å². The van der Waals surface area contributed by atoms with E-state index in [9.17, 15) is 14.4 Å². The lowest BCUT2D eigenvalue weighted by molar-refractivity contribution is 0.0499. The van der Waals surface area contributed by atoms with Crippen LogP contribution in [0.5, 0.6) is 0 Å². The van der Waals surface area contributed by atoms with E-state index in [-0.39, 0.29) is 17.8 Å². The molecule has 0 radical (unpaired) electrons. The van der Waals surface area contributed by atoms with Crippen LogP contribution in [-0.4, -0.2) is 24.4 Å². The molecule has 0 spiro atoms. The van der Waals surface area contributed by atoms with Crippen molar-refractivity contribution in [2.45, 2.75) is 19.8 Å². The molecule has 3 aromatic carbocycles. The Morgan fingerprint density at radius 3 is 2.13 bits per heavy atom. The van der Waals surface area contributed by atoms with Gasteiger partial charge in [0.05, 0.1) is 23.4 Å². The predicted molar refractivity (Wildman–Crippen MR) is 120 cm³/mol. The molecule has 0 saturated carbocycles. The molecular weight excluding hydrogens is 392 g/mol. The lowest BCUT2D eigenvalue weighted by Gasteiger charge is -2.12. The summed E-state index contributed by atoms with van der Waals surface area (Å²) in [5.74, 6) is -1.06. The highest BCUT2D eigenvalue weighted by Gasteiger charge is 2.15. The van der Waals surface area contributed by atoms with E-state index < -0.39 is 0 Å². The van der Waals surface area contributed by atoms with Crippen LogP contribution in [0.3, 0.4) is 0 Å². The Morgan fingerprint density at radius 1 is 0.742 bits per heavy atom. The number of amides is 2. The third kappa shape index (κ3) is 6.02. The quantitative estimate of drug-likeness (QED) is 0.393. The summed E-state index contributed by atoms with van der Waals surface area (Å²) >= 11 is 0. The number of esters is 1. The van der Waals surface area contributed by atoms with Gasteiger partial charge in [0.25, 0.3) is 11.8 Å². The van der Waals surface area contributed by atoms with E-state index in [0.29, 0.717) is 34.7 Å². The molecule has 0 aliphatic carbocycles. The van der Waals surface area contributed by atoms with E-state index in [1.807, 2.05) is 13.0 Å². The van der Waals surface area contributed by atoms with Crippen molar-refractivity contribution in [2.75, 3.05) is 17.2 Å². The lowest BCUT2D eigenvalue weighted by atomic mass is 10.1. The van der Waals surface area contributed by atoms with E-state index in [0.717, 1.165) is 12.8 Å². The number of anilines is 2. The van der Waals surface area contributed by atoms with Crippen molar-refractivity contribution in [2.24, 2.45) is 0 Å². The summed E-state index contributed by atoms with van der Waals surface area (Å²) < 4.78 is 5.18. The summed E-state index contributed by atoms with van der Waals surface area (Å²) in [4.78, 5) is 37.2. The van der Waals surface area contributed by atoms with E-state index in [1.165, 1.54) is 0 Å². The molecule has 0 fully saturated rings. The van der Waals surface area contributed by atoms with Crippen molar-refractivity contribution in [3.63, 3.8) is 0 Å². The summed E-state index contributed by atoms with van der Waals surface area (Å²) in [5.41, 5.74) is 2.18. The first-order chi connectivity index (χ1) is 15.1. The molecule has 31 heavy (non-hydrogen) atoms. The zero-order chi connectivity index (χ0) is 22.1. The van der Waals surface area contributed by atoms with Crippen LogP contribution in [0.2, 0.25) is 0 Å². The second kappa shape index (κ2) is 10.7. The van der Waals surface area contributed by atoms with Crippen LogP contribution >= 0.6 is 0 Å². The molecule has 2 N–H and O–H groups in total. The molecule has 6 nitrogen and oxygen atoms in total. The van der Waals surface area contributed by atoms with Crippen molar-refractivity contribution in [1.29, 1.82) is 0 Å².